The van der Waals surface area contributed by atoms with Crippen molar-refractivity contribution in [3.8, 4) is 11.5 Å². The lowest BCUT2D eigenvalue weighted by atomic mass is 10.2. The summed E-state index contributed by atoms with van der Waals surface area (Å²) in [7, 11) is 1.45. The summed E-state index contributed by atoms with van der Waals surface area (Å²) < 4.78 is 4.97. The number of aliphatic imine (C=N–C) groups is 1. The summed E-state index contributed by atoms with van der Waals surface area (Å²) in [6.07, 6.45) is 3.74. The molecule has 0 aliphatic rings. The number of aliphatic carboxylic acids is 1. The van der Waals surface area contributed by atoms with Gasteiger partial charge in [-0.25, -0.2) is 4.79 Å². The molecule has 0 amide bonds. The molecule has 0 saturated heterocycles. The number of benzene rings is 1. The maximum absolute atomic E-state index is 11.0. The average Bonchev–Trinajstić information content (AvgIpc) is 2.40. The molecule has 1 aromatic carbocycles. The lowest BCUT2D eigenvalue weighted by Crippen LogP contribution is -2.18. The maximum atomic E-state index is 11.0. The Hall–Kier alpha value is -1.69. The molecule has 1 rings (SSSR count). The van der Waals surface area contributed by atoms with Crippen LogP contribution >= 0.6 is 11.8 Å². The van der Waals surface area contributed by atoms with Crippen molar-refractivity contribution >= 4 is 23.9 Å². The van der Waals surface area contributed by atoms with E-state index in [9.17, 15) is 9.90 Å². The first-order valence-electron chi connectivity index (χ1n) is 5.71. The number of ether oxygens (including phenoxy) is 1. The fourth-order valence-corrected chi connectivity index (χ4v) is 1.93. The highest BCUT2D eigenvalue weighted by Crippen LogP contribution is 2.28. The molecular weight excluding hydrogens is 266 g/mol. The number of carboxylic acids is 1. The van der Waals surface area contributed by atoms with E-state index in [2.05, 4.69) is 4.99 Å². The molecule has 19 heavy (non-hydrogen) atoms. The number of thioether (sulfide) groups is 1. The number of methoxy groups -OCH3 is 1. The standard InChI is InChI=1S/C13H17NO4S/c1-18-11-5-3-4-9(12(11)15)8-14-10(13(16)17)6-7-19-2/h3-5,8,10,15H,6-7H2,1-2H3,(H,16,17)/t10-/m0/s1. The first-order chi connectivity index (χ1) is 9.10. The number of carbonyl (C=O) groups is 1. The minimum absolute atomic E-state index is 0.0391. The van der Waals surface area contributed by atoms with Crippen LogP contribution in [-0.2, 0) is 4.79 Å². The summed E-state index contributed by atoms with van der Waals surface area (Å²) >= 11 is 1.57. The van der Waals surface area contributed by atoms with Crippen LogP contribution in [0.15, 0.2) is 23.2 Å². The van der Waals surface area contributed by atoms with E-state index in [1.807, 2.05) is 6.26 Å². The molecule has 0 aromatic heterocycles. The smallest absolute Gasteiger partial charge is 0.328 e. The topological polar surface area (TPSA) is 79.1 Å². The molecule has 0 aliphatic carbocycles. The second-order valence-corrected chi connectivity index (χ2v) is 4.80. The Morgan fingerprint density at radius 2 is 2.32 bits per heavy atom. The van der Waals surface area contributed by atoms with Gasteiger partial charge in [0.1, 0.15) is 6.04 Å². The molecule has 0 unspecified atom stereocenters. The zero-order chi connectivity index (χ0) is 14.3. The summed E-state index contributed by atoms with van der Waals surface area (Å²) in [5.74, 6) is 0.0497. The minimum Gasteiger partial charge on any atom is -0.504 e. The van der Waals surface area contributed by atoms with E-state index in [-0.39, 0.29) is 5.75 Å². The third kappa shape index (κ3) is 4.48. The summed E-state index contributed by atoms with van der Waals surface area (Å²) in [6, 6.07) is 4.18. The van der Waals surface area contributed by atoms with Crippen LogP contribution in [0.25, 0.3) is 0 Å². The first kappa shape index (κ1) is 15.4. The van der Waals surface area contributed by atoms with Gasteiger partial charge in [-0.05, 0) is 30.6 Å². The molecule has 0 fully saturated rings. The Kier molecular flexibility index (Phi) is 6.21. The number of aromatic hydroxyl groups is 1. The van der Waals surface area contributed by atoms with Gasteiger partial charge in [0.05, 0.1) is 7.11 Å². The van der Waals surface area contributed by atoms with Gasteiger partial charge in [0.15, 0.2) is 11.5 Å². The molecule has 0 radical (unpaired) electrons. The normalized spacial score (nSPS) is 12.5. The van der Waals surface area contributed by atoms with Crippen LogP contribution in [0.4, 0.5) is 0 Å². The fraction of sp³-hybridized carbons (Fsp3) is 0.385. The molecule has 1 aromatic rings. The maximum Gasteiger partial charge on any atom is 0.328 e. The summed E-state index contributed by atoms with van der Waals surface area (Å²) in [6.45, 7) is 0. The van der Waals surface area contributed by atoms with E-state index in [1.54, 1.807) is 30.0 Å². The Balaban J connectivity index is 2.86. The molecule has 2 N–H and O–H groups in total. The van der Waals surface area contributed by atoms with Crippen molar-refractivity contribution in [2.75, 3.05) is 19.1 Å². The Morgan fingerprint density at radius 1 is 1.58 bits per heavy atom. The Bertz CT molecular complexity index is 462. The molecule has 0 spiro atoms. The van der Waals surface area contributed by atoms with Crippen LogP contribution in [0.5, 0.6) is 11.5 Å². The first-order valence-corrected chi connectivity index (χ1v) is 7.10. The lowest BCUT2D eigenvalue weighted by Gasteiger charge is -2.07. The fourth-order valence-electron chi connectivity index (χ4n) is 1.47. The Morgan fingerprint density at radius 3 is 2.89 bits per heavy atom. The van der Waals surface area contributed by atoms with E-state index >= 15 is 0 Å². The van der Waals surface area contributed by atoms with Crippen LogP contribution in [0, 0.1) is 0 Å². The molecule has 0 bridgehead atoms. The largest absolute Gasteiger partial charge is 0.504 e. The van der Waals surface area contributed by atoms with E-state index in [0.29, 0.717) is 17.7 Å². The number of carboxylic acid groups (broad SMARTS) is 1. The van der Waals surface area contributed by atoms with Crippen LogP contribution < -0.4 is 4.74 Å². The average molecular weight is 283 g/mol. The van der Waals surface area contributed by atoms with Crippen molar-refractivity contribution in [2.45, 2.75) is 12.5 Å². The van der Waals surface area contributed by atoms with Gasteiger partial charge >= 0.3 is 5.97 Å². The molecule has 0 heterocycles. The number of rotatable bonds is 7. The van der Waals surface area contributed by atoms with Crippen molar-refractivity contribution < 1.29 is 19.7 Å². The summed E-state index contributed by atoms with van der Waals surface area (Å²) in [5.41, 5.74) is 0.440. The molecule has 1 atom stereocenters. The molecular formula is C13H17NO4S. The second kappa shape index (κ2) is 7.68. The third-order valence-electron chi connectivity index (χ3n) is 2.52. The number of hydrogen-bond donors (Lipinski definition) is 2. The van der Waals surface area contributed by atoms with E-state index in [0.717, 1.165) is 5.75 Å². The highest BCUT2D eigenvalue weighted by molar-refractivity contribution is 7.98. The van der Waals surface area contributed by atoms with Crippen LogP contribution in [0.3, 0.4) is 0 Å². The van der Waals surface area contributed by atoms with Crippen molar-refractivity contribution in [2.24, 2.45) is 4.99 Å². The van der Waals surface area contributed by atoms with Crippen LogP contribution in [0.1, 0.15) is 12.0 Å². The van der Waals surface area contributed by atoms with E-state index in [1.165, 1.54) is 13.3 Å². The number of phenolic OH excluding ortho intramolecular Hbond substituents is 1. The quantitative estimate of drug-likeness (QED) is 0.748. The molecule has 0 saturated carbocycles. The number of hydrogen-bond acceptors (Lipinski definition) is 5. The van der Waals surface area contributed by atoms with Crippen LogP contribution in [0.2, 0.25) is 0 Å². The predicted octanol–water partition coefficient (Wildman–Crippen LogP) is 2.03. The van der Waals surface area contributed by atoms with Gasteiger partial charge in [-0.2, -0.15) is 11.8 Å². The van der Waals surface area contributed by atoms with E-state index < -0.39 is 12.0 Å². The van der Waals surface area contributed by atoms with Gasteiger partial charge in [0, 0.05) is 11.8 Å². The third-order valence-corrected chi connectivity index (χ3v) is 3.17. The number of phenols is 1. The van der Waals surface area contributed by atoms with Crippen LogP contribution in [-0.4, -0.2) is 47.6 Å². The van der Waals surface area contributed by atoms with Crippen molar-refractivity contribution in [1.82, 2.24) is 0 Å². The summed E-state index contributed by atoms with van der Waals surface area (Å²) in [4.78, 5) is 15.0. The molecule has 104 valence electrons. The second-order valence-electron chi connectivity index (χ2n) is 3.81. The molecule has 5 nitrogen and oxygen atoms in total. The minimum atomic E-state index is -0.965. The highest BCUT2D eigenvalue weighted by Gasteiger charge is 2.15. The van der Waals surface area contributed by atoms with Gasteiger partial charge in [-0.3, -0.25) is 4.99 Å². The zero-order valence-corrected chi connectivity index (χ0v) is 11.7. The van der Waals surface area contributed by atoms with Gasteiger partial charge in [-0.15, -0.1) is 0 Å². The van der Waals surface area contributed by atoms with Gasteiger partial charge < -0.3 is 14.9 Å². The monoisotopic (exact) mass is 283 g/mol. The molecule has 6 heteroatoms. The lowest BCUT2D eigenvalue weighted by molar-refractivity contribution is -0.138. The van der Waals surface area contributed by atoms with Gasteiger partial charge in [0.25, 0.3) is 0 Å². The number of nitrogens with zero attached hydrogens (tertiary/aromatic N) is 1. The van der Waals surface area contributed by atoms with Gasteiger partial charge in [-0.1, -0.05) is 6.07 Å². The molecule has 0 aliphatic heterocycles. The summed E-state index contributed by atoms with van der Waals surface area (Å²) in [5, 5.41) is 18.9. The van der Waals surface area contributed by atoms with Gasteiger partial charge in [0.2, 0.25) is 0 Å². The van der Waals surface area contributed by atoms with Crippen molar-refractivity contribution in [1.29, 1.82) is 0 Å². The van der Waals surface area contributed by atoms with Crippen molar-refractivity contribution in [3.63, 3.8) is 0 Å². The Labute approximate surface area is 116 Å². The van der Waals surface area contributed by atoms with E-state index in [4.69, 9.17) is 9.84 Å². The zero-order valence-electron chi connectivity index (χ0n) is 10.9. The predicted molar refractivity (Wildman–Crippen MR) is 76.7 cm³/mol. The highest BCUT2D eigenvalue weighted by atomic mass is 32.2. The number of para-hydroxylation sites is 1. The SMILES string of the molecule is COc1cccc(C=N[C@@H](CCSC)C(=O)O)c1O. The van der Waals surface area contributed by atoms with Crippen molar-refractivity contribution in [3.05, 3.63) is 23.8 Å².